The zero-order valence-electron chi connectivity index (χ0n) is 12.1. The van der Waals surface area contributed by atoms with E-state index in [1.807, 2.05) is 38.1 Å². The largest absolute Gasteiger partial charge is 0.491 e. The van der Waals surface area contributed by atoms with E-state index in [9.17, 15) is 4.79 Å². The summed E-state index contributed by atoms with van der Waals surface area (Å²) in [5.41, 5.74) is 7.07. The Morgan fingerprint density at radius 3 is 2.35 bits per heavy atom. The summed E-state index contributed by atoms with van der Waals surface area (Å²) in [6.45, 7) is 4.44. The Kier molecular flexibility index (Phi) is 4.29. The van der Waals surface area contributed by atoms with Gasteiger partial charge in [-0.2, -0.15) is 0 Å². The summed E-state index contributed by atoms with van der Waals surface area (Å²) in [6.07, 6.45) is 3.63. The van der Waals surface area contributed by atoms with Crippen LogP contribution in [0.4, 0.5) is 0 Å². The maximum absolute atomic E-state index is 11.8. The fourth-order valence-corrected chi connectivity index (χ4v) is 2.03. The first-order chi connectivity index (χ1) is 9.47. The van der Waals surface area contributed by atoms with Crippen LogP contribution in [0.3, 0.4) is 0 Å². The van der Waals surface area contributed by atoms with Gasteiger partial charge < -0.3 is 15.0 Å². The van der Waals surface area contributed by atoms with E-state index in [0.29, 0.717) is 6.54 Å². The van der Waals surface area contributed by atoms with E-state index in [2.05, 4.69) is 0 Å². The highest BCUT2D eigenvalue weighted by Crippen LogP contribution is 2.18. The van der Waals surface area contributed by atoms with Crippen molar-refractivity contribution in [2.24, 2.45) is 12.8 Å². The molecule has 0 radical (unpaired) electrons. The van der Waals surface area contributed by atoms with Crippen LogP contribution in [0.15, 0.2) is 41.5 Å². The average Bonchev–Trinajstić information content (AvgIpc) is 2.71. The van der Waals surface area contributed by atoms with Gasteiger partial charge >= 0.3 is 5.69 Å². The predicted molar refractivity (Wildman–Crippen MR) is 78.8 cm³/mol. The van der Waals surface area contributed by atoms with Crippen LogP contribution < -0.4 is 16.2 Å². The van der Waals surface area contributed by atoms with Gasteiger partial charge in [-0.25, -0.2) is 4.79 Å². The van der Waals surface area contributed by atoms with Crippen molar-refractivity contribution in [3.63, 3.8) is 0 Å². The van der Waals surface area contributed by atoms with Gasteiger partial charge in [0.1, 0.15) is 5.75 Å². The molecule has 0 saturated carbocycles. The molecule has 0 bridgehead atoms. The van der Waals surface area contributed by atoms with Crippen LogP contribution in [0.2, 0.25) is 0 Å². The Morgan fingerprint density at radius 1 is 1.20 bits per heavy atom. The van der Waals surface area contributed by atoms with E-state index in [-0.39, 0.29) is 17.8 Å². The van der Waals surface area contributed by atoms with Crippen molar-refractivity contribution in [2.45, 2.75) is 32.5 Å². The van der Waals surface area contributed by atoms with Gasteiger partial charge in [0.15, 0.2) is 0 Å². The molecular formula is C15H21N3O2. The van der Waals surface area contributed by atoms with Crippen molar-refractivity contribution in [2.75, 3.05) is 0 Å². The fraction of sp³-hybridized carbons (Fsp3) is 0.400. The van der Waals surface area contributed by atoms with E-state index < -0.39 is 0 Å². The summed E-state index contributed by atoms with van der Waals surface area (Å²) >= 11 is 0. The molecule has 1 aromatic carbocycles. The molecule has 1 unspecified atom stereocenters. The number of benzene rings is 1. The average molecular weight is 275 g/mol. The quantitative estimate of drug-likeness (QED) is 0.903. The molecule has 0 spiro atoms. The van der Waals surface area contributed by atoms with Crippen molar-refractivity contribution >= 4 is 0 Å². The molecule has 2 rings (SSSR count). The summed E-state index contributed by atoms with van der Waals surface area (Å²) in [7, 11) is 1.72. The van der Waals surface area contributed by atoms with E-state index in [4.69, 9.17) is 10.5 Å². The van der Waals surface area contributed by atoms with E-state index in [1.54, 1.807) is 24.0 Å². The van der Waals surface area contributed by atoms with Gasteiger partial charge in [0, 0.05) is 32.0 Å². The first kappa shape index (κ1) is 14.4. The Morgan fingerprint density at radius 2 is 1.85 bits per heavy atom. The molecule has 1 atom stereocenters. The molecule has 5 nitrogen and oxygen atoms in total. The molecule has 0 amide bonds. The number of nitrogens with two attached hydrogens (primary N) is 1. The van der Waals surface area contributed by atoms with Crippen LogP contribution in [-0.2, 0) is 13.6 Å². The number of rotatable bonds is 5. The third-order valence-corrected chi connectivity index (χ3v) is 3.09. The van der Waals surface area contributed by atoms with Crippen LogP contribution in [0.1, 0.15) is 25.5 Å². The maximum Gasteiger partial charge on any atom is 0.327 e. The molecule has 20 heavy (non-hydrogen) atoms. The number of aryl methyl sites for hydroxylation is 1. The van der Waals surface area contributed by atoms with Gasteiger partial charge in [-0.15, -0.1) is 0 Å². The molecule has 1 heterocycles. The van der Waals surface area contributed by atoms with Gasteiger partial charge in [0.25, 0.3) is 0 Å². The Balaban J connectivity index is 2.07. The second kappa shape index (κ2) is 5.96. The number of ether oxygens (including phenoxy) is 1. The van der Waals surface area contributed by atoms with E-state index in [1.165, 1.54) is 4.57 Å². The van der Waals surface area contributed by atoms with Crippen molar-refractivity contribution < 1.29 is 4.74 Å². The first-order valence-electron chi connectivity index (χ1n) is 6.71. The van der Waals surface area contributed by atoms with Gasteiger partial charge in [-0.1, -0.05) is 12.1 Å². The van der Waals surface area contributed by atoms with Crippen molar-refractivity contribution in [1.29, 1.82) is 0 Å². The van der Waals surface area contributed by atoms with Crippen molar-refractivity contribution in [1.82, 2.24) is 9.13 Å². The lowest BCUT2D eigenvalue weighted by atomic mass is 10.1. The highest BCUT2D eigenvalue weighted by Gasteiger charge is 2.09. The third-order valence-electron chi connectivity index (χ3n) is 3.09. The Hall–Kier alpha value is -2.01. The molecule has 0 aliphatic heterocycles. The monoisotopic (exact) mass is 275 g/mol. The molecule has 1 aromatic heterocycles. The zero-order valence-corrected chi connectivity index (χ0v) is 12.1. The van der Waals surface area contributed by atoms with Crippen LogP contribution >= 0.6 is 0 Å². The predicted octanol–water partition coefficient (Wildman–Crippen LogP) is 1.67. The molecule has 2 aromatic rings. The SMILES string of the molecule is CC(C)Oc1ccc(C(N)Cn2ccn(C)c2=O)cc1. The smallest absolute Gasteiger partial charge is 0.327 e. The number of hydrogen-bond donors (Lipinski definition) is 1. The highest BCUT2D eigenvalue weighted by molar-refractivity contribution is 5.29. The molecule has 0 aliphatic carbocycles. The summed E-state index contributed by atoms with van der Waals surface area (Å²) in [4.78, 5) is 11.8. The van der Waals surface area contributed by atoms with Crippen molar-refractivity contribution in [3.05, 3.63) is 52.7 Å². The van der Waals surface area contributed by atoms with Crippen LogP contribution in [0.5, 0.6) is 5.75 Å². The van der Waals surface area contributed by atoms with Gasteiger partial charge in [-0.3, -0.25) is 4.57 Å². The minimum Gasteiger partial charge on any atom is -0.491 e. The Labute approximate surface area is 118 Å². The normalized spacial score (nSPS) is 12.7. The van der Waals surface area contributed by atoms with E-state index >= 15 is 0 Å². The lowest BCUT2D eigenvalue weighted by Crippen LogP contribution is -2.27. The minimum atomic E-state index is -0.219. The Bertz CT molecular complexity index is 611. The van der Waals surface area contributed by atoms with Gasteiger partial charge in [-0.05, 0) is 31.5 Å². The van der Waals surface area contributed by atoms with Gasteiger partial charge in [0.05, 0.1) is 6.10 Å². The number of hydrogen-bond acceptors (Lipinski definition) is 3. The van der Waals surface area contributed by atoms with Crippen LogP contribution in [0.25, 0.3) is 0 Å². The molecule has 0 saturated heterocycles. The second-order valence-corrected chi connectivity index (χ2v) is 5.19. The number of aromatic nitrogens is 2. The topological polar surface area (TPSA) is 62.2 Å². The molecule has 108 valence electrons. The third kappa shape index (κ3) is 3.30. The number of nitrogens with zero attached hydrogens (tertiary/aromatic N) is 2. The summed E-state index contributed by atoms with van der Waals surface area (Å²) < 4.78 is 8.74. The highest BCUT2D eigenvalue weighted by atomic mass is 16.5. The lowest BCUT2D eigenvalue weighted by Gasteiger charge is -2.14. The molecule has 5 heteroatoms. The summed E-state index contributed by atoms with van der Waals surface area (Å²) in [5.74, 6) is 0.827. The number of imidazole rings is 1. The standard InChI is InChI=1S/C15H21N3O2/c1-11(2)20-13-6-4-12(5-7-13)14(16)10-18-9-8-17(3)15(18)19/h4-9,11,14H,10,16H2,1-3H3. The molecule has 0 fully saturated rings. The molecule has 0 aliphatic rings. The zero-order chi connectivity index (χ0) is 14.7. The summed E-state index contributed by atoms with van der Waals surface area (Å²) in [5, 5.41) is 0. The lowest BCUT2D eigenvalue weighted by molar-refractivity contribution is 0.242. The molecular weight excluding hydrogens is 254 g/mol. The van der Waals surface area contributed by atoms with Crippen LogP contribution in [0, 0.1) is 0 Å². The van der Waals surface area contributed by atoms with Gasteiger partial charge in [0.2, 0.25) is 0 Å². The second-order valence-electron chi connectivity index (χ2n) is 5.19. The molecule has 2 N–H and O–H groups in total. The fourth-order valence-electron chi connectivity index (χ4n) is 2.03. The van der Waals surface area contributed by atoms with Crippen molar-refractivity contribution in [3.8, 4) is 5.75 Å². The van der Waals surface area contributed by atoms with Crippen LogP contribution in [-0.4, -0.2) is 15.2 Å². The van der Waals surface area contributed by atoms with E-state index in [0.717, 1.165) is 11.3 Å². The minimum absolute atomic E-state index is 0.0554. The maximum atomic E-state index is 11.8. The summed E-state index contributed by atoms with van der Waals surface area (Å²) in [6, 6.07) is 7.47. The first-order valence-corrected chi connectivity index (χ1v) is 6.71.